The molecule has 1 aliphatic rings. The van der Waals surface area contributed by atoms with E-state index in [1.54, 1.807) is 30.3 Å². The molecule has 0 aromatic heterocycles. The normalized spacial score (nSPS) is 13.7. The molecule has 0 saturated carbocycles. The number of urea groups is 1. The number of benzene rings is 2. The average molecular weight is 420 g/mol. The lowest BCUT2D eigenvalue weighted by atomic mass is 10.2. The van der Waals surface area contributed by atoms with Gasteiger partial charge < -0.3 is 29.7 Å². The second-order valence-electron chi connectivity index (χ2n) is 6.37. The molecular formula is C21H26ClN3O4. The number of rotatable bonds is 7. The molecular weight excluding hydrogens is 394 g/mol. The number of hydrogen-bond donors (Lipinski definition) is 2. The number of carbonyl (C=O) groups is 1. The summed E-state index contributed by atoms with van der Waals surface area (Å²) in [5.41, 5.74) is 2.11. The Hall–Kier alpha value is -2.64. The van der Waals surface area contributed by atoms with Crippen molar-refractivity contribution in [3.63, 3.8) is 0 Å². The zero-order chi connectivity index (χ0) is 20.6. The molecule has 0 atom stereocenters. The molecule has 1 heterocycles. The monoisotopic (exact) mass is 419 g/mol. The molecule has 2 N–H and O–H groups in total. The van der Waals surface area contributed by atoms with Gasteiger partial charge in [0.1, 0.15) is 11.5 Å². The first-order valence-electron chi connectivity index (χ1n) is 9.70. The van der Waals surface area contributed by atoms with Gasteiger partial charge >= 0.3 is 6.03 Å². The lowest BCUT2D eigenvalue weighted by Gasteiger charge is -2.31. The maximum Gasteiger partial charge on any atom is 0.323 e. The Balaban J connectivity index is 1.84. The molecule has 1 fully saturated rings. The molecule has 0 bridgehead atoms. The van der Waals surface area contributed by atoms with Crippen LogP contribution in [0.1, 0.15) is 13.8 Å². The number of anilines is 3. The van der Waals surface area contributed by atoms with Crippen LogP contribution in [0.3, 0.4) is 0 Å². The third-order valence-corrected chi connectivity index (χ3v) is 4.61. The molecule has 2 aromatic carbocycles. The number of amides is 2. The van der Waals surface area contributed by atoms with Gasteiger partial charge in [-0.05, 0) is 38.1 Å². The largest absolute Gasteiger partial charge is 0.492 e. The molecule has 7 nitrogen and oxygen atoms in total. The minimum atomic E-state index is -0.380. The number of halogens is 1. The first kappa shape index (κ1) is 21.1. The third kappa shape index (κ3) is 5.68. The van der Waals surface area contributed by atoms with Crippen LogP contribution in [0, 0.1) is 0 Å². The minimum Gasteiger partial charge on any atom is -0.492 e. The number of carbonyl (C=O) groups excluding carboxylic acids is 1. The summed E-state index contributed by atoms with van der Waals surface area (Å²) < 4.78 is 17.1. The standard InChI is InChI=1S/C21H26ClN3O4/c1-3-28-19-14-18(25-9-11-27-12-10-25)20(29-4-2)13-17(19)24-21(26)23-16-7-5-15(22)6-8-16/h5-8,13-14H,3-4,9-12H2,1-2H3,(H2,23,24,26). The summed E-state index contributed by atoms with van der Waals surface area (Å²) in [4.78, 5) is 14.7. The van der Waals surface area contributed by atoms with Crippen LogP contribution in [0.25, 0.3) is 0 Å². The Morgan fingerprint density at radius 2 is 1.69 bits per heavy atom. The van der Waals surface area contributed by atoms with Crippen LogP contribution in [0.4, 0.5) is 21.9 Å². The van der Waals surface area contributed by atoms with Gasteiger partial charge in [0.2, 0.25) is 0 Å². The van der Waals surface area contributed by atoms with Gasteiger partial charge in [-0.3, -0.25) is 0 Å². The molecule has 2 aromatic rings. The third-order valence-electron chi connectivity index (χ3n) is 4.36. The zero-order valence-corrected chi connectivity index (χ0v) is 17.4. The van der Waals surface area contributed by atoms with Crippen molar-refractivity contribution < 1.29 is 19.0 Å². The van der Waals surface area contributed by atoms with Gasteiger partial charge in [-0.1, -0.05) is 11.6 Å². The molecule has 0 spiro atoms. The SMILES string of the molecule is CCOc1cc(N2CCOCC2)c(OCC)cc1NC(=O)Nc1ccc(Cl)cc1. The second-order valence-corrected chi connectivity index (χ2v) is 6.80. The van der Waals surface area contributed by atoms with Crippen LogP contribution in [-0.4, -0.2) is 45.5 Å². The van der Waals surface area contributed by atoms with E-state index in [1.165, 1.54) is 0 Å². The van der Waals surface area contributed by atoms with Gasteiger partial charge in [-0.2, -0.15) is 0 Å². The van der Waals surface area contributed by atoms with E-state index in [0.717, 1.165) is 18.8 Å². The summed E-state index contributed by atoms with van der Waals surface area (Å²) in [7, 11) is 0. The first-order valence-corrected chi connectivity index (χ1v) is 10.1. The molecule has 0 unspecified atom stereocenters. The summed E-state index contributed by atoms with van der Waals surface area (Å²) in [6, 6.07) is 10.2. The number of morpholine rings is 1. The Bertz CT molecular complexity index is 823. The van der Waals surface area contributed by atoms with E-state index in [2.05, 4.69) is 15.5 Å². The Morgan fingerprint density at radius 3 is 2.34 bits per heavy atom. The molecule has 0 radical (unpaired) electrons. The highest BCUT2D eigenvalue weighted by molar-refractivity contribution is 6.30. The molecule has 3 rings (SSSR count). The van der Waals surface area contributed by atoms with Gasteiger partial charge in [0, 0.05) is 35.9 Å². The summed E-state index contributed by atoms with van der Waals surface area (Å²) >= 11 is 5.89. The van der Waals surface area contributed by atoms with Crippen molar-refractivity contribution >= 4 is 34.7 Å². The second kappa shape index (κ2) is 10.2. The first-order chi connectivity index (χ1) is 14.1. The van der Waals surface area contributed by atoms with E-state index >= 15 is 0 Å². The topological polar surface area (TPSA) is 72.1 Å². The highest BCUT2D eigenvalue weighted by Gasteiger charge is 2.20. The summed E-state index contributed by atoms with van der Waals surface area (Å²) in [5, 5.41) is 6.25. The average Bonchev–Trinajstić information content (AvgIpc) is 2.72. The van der Waals surface area contributed by atoms with E-state index in [9.17, 15) is 4.79 Å². The predicted molar refractivity (Wildman–Crippen MR) is 116 cm³/mol. The molecule has 156 valence electrons. The van der Waals surface area contributed by atoms with Crippen molar-refractivity contribution in [2.45, 2.75) is 13.8 Å². The highest BCUT2D eigenvalue weighted by atomic mass is 35.5. The lowest BCUT2D eigenvalue weighted by molar-refractivity contribution is 0.122. The predicted octanol–water partition coefficient (Wildman–Crippen LogP) is 4.62. The van der Waals surface area contributed by atoms with E-state index in [-0.39, 0.29) is 6.03 Å². The molecule has 1 aliphatic heterocycles. The van der Waals surface area contributed by atoms with Crippen molar-refractivity contribution in [1.29, 1.82) is 0 Å². The van der Waals surface area contributed by atoms with Crippen LogP contribution in [0.2, 0.25) is 5.02 Å². The van der Waals surface area contributed by atoms with E-state index in [1.807, 2.05) is 19.9 Å². The van der Waals surface area contributed by atoms with Crippen molar-refractivity contribution in [2.24, 2.45) is 0 Å². The Labute approximate surface area is 175 Å². The maximum absolute atomic E-state index is 12.5. The molecule has 0 aliphatic carbocycles. The quantitative estimate of drug-likeness (QED) is 0.685. The van der Waals surface area contributed by atoms with Crippen LogP contribution >= 0.6 is 11.6 Å². The zero-order valence-electron chi connectivity index (χ0n) is 16.7. The summed E-state index contributed by atoms with van der Waals surface area (Å²) in [6.07, 6.45) is 0. The molecule has 29 heavy (non-hydrogen) atoms. The van der Waals surface area contributed by atoms with Crippen molar-refractivity contribution in [1.82, 2.24) is 0 Å². The highest BCUT2D eigenvalue weighted by Crippen LogP contribution is 2.39. The van der Waals surface area contributed by atoms with Gasteiger partial charge in [0.25, 0.3) is 0 Å². The van der Waals surface area contributed by atoms with Crippen LogP contribution in [0.15, 0.2) is 36.4 Å². The van der Waals surface area contributed by atoms with Crippen molar-refractivity contribution in [3.05, 3.63) is 41.4 Å². The number of hydrogen-bond acceptors (Lipinski definition) is 5. The fourth-order valence-electron chi connectivity index (χ4n) is 3.06. The Kier molecular flexibility index (Phi) is 7.43. The lowest BCUT2D eigenvalue weighted by Crippen LogP contribution is -2.36. The number of nitrogens with one attached hydrogen (secondary N) is 2. The molecule has 2 amide bonds. The van der Waals surface area contributed by atoms with E-state index < -0.39 is 0 Å². The smallest absolute Gasteiger partial charge is 0.323 e. The fraction of sp³-hybridized carbons (Fsp3) is 0.381. The fourth-order valence-corrected chi connectivity index (χ4v) is 3.19. The van der Waals surface area contributed by atoms with Gasteiger partial charge in [-0.25, -0.2) is 4.79 Å². The minimum absolute atomic E-state index is 0.380. The maximum atomic E-state index is 12.5. The van der Waals surface area contributed by atoms with E-state index in [4.69, 9.17) is 25.8 Å². The van der Waals surface area contributed by atoms with Crippen LogP contribution in [-0.2, 0) is 4.74 Å². The van der Waals surface area contributed by atoms with Gasteiger partial charge in [-0.15, -0.1) is 0 Å². The van der Waals surface area contributed by atoms with Gasteiger partial charge in [0.15, 0.2) is 0 Å². The molecule has 1 saturated heterocycles. The number of ether oxygens (including phenoxy) is 3. The van der Waals surface area contributed by atoms with E-state index in [0.29, 0.717) is 54.3 Å². The van der Waals surface area contributed by atoms with Gasteiger partial charge in [0.05, 0.1) is 37.8 Å². The number of nitrogens with zero attached hydrogens (tertiary/aromatic N) is 1. The summed E-state index contributed by atoms with van der Waals surface area (Å²) in [5.74, 6) is 1.28. The van der Waals surface area contributed by atoms with Crippen LogP contribution < -0.4 is 25.0 Å². The van der Waals surface area contributed by atoms with Crippen molar-refractivity contribution in [2.75, 3.05) is 55.1 Å². The summed E-state index contributed by atoms with van der Waals surface area (Å²) in [6.45, 7) is 7.71. The Morgan fingerprint density at radius 1 is 1.03 bits per heavy atom. The van der Waals surface area contributed by atoms with Crippen molar-refractivity contribution in [3.8, 4) is 11.5 Å². The van der Waals surface area contributed by atoms with Crippen LogP contribution in [0.5, 0.6) is 11.5 Å². The molecule has 8 heteroatoms.